The number of benzene rings is 1. The van der Waals surface area contributed by atoms with Crippen molar-refractivity contribution in [3.63, 3.8) is 0 Å². The second kappa shape index (κ2) is 11.6. The van der Waals surface area contributed by atoms with Crippen LogP contribution in [-0.2, 0) is 20.6 Å². The summed E-state index contributed by atoms with van der Waals surface area (Å²) in [7, 11) is 0. The van der Waals surface area contributed by atoms with E-state index in [1.807, 2.05) is 38.2 Å². The number of halogens is 1. The molecule has 1 aromatic carbocycles. The third-order valence-corrected chi connectivity index (χ3v) is 9.08. The highest BCUT2D eigenvalue weighted by Gasteiger charge is 2.59. The van der Waals surface area contributed by atoms with Crippen molar-refractivity contribution in [3.05, 3.63) is 53.4 Å². The van der Waals surface area contributed by atoms with E-state index in [0.717, 1.165) is 66.0 Å². The molecule has 11 heteroatoms. The average molecular weight is 607 g/mol. The van der Waals surface area contributed by atoms with Crippen LogP contribution >= 0.6 is 11.6 Å². The standard InChI is InChI=1S/C32H39ClN6O4/c1-5-6-7-14-41-30(40)38-28-22(33)16-20-9-8-19(15-23(20)37-28)10-12-32(4)17-24(25-26(32)43-31(2,3)42-25)39-13-11-21-27(34)35-18-36-29(21)39/h8-9,11,13,15-16,18,24-26H,5-7,10,12,14,17H2,1-4H3,(H2,34,35,36)(H,37,38,40)/t24-,25+,26+,32+/m1/s1. The fourth-order valence-electron chi connectivity index (χ4n) is 6.59. The summed E-state index contributed by atoms with van der Waals surface area (Å²) in [5.41, 5.74) is 8.68. The number of aryl methyl sites for hydroxylation is 1. The van der Waals surface area contributed by atoms with Crippen molar-refractivity contribution >= 4 is 51.3 Å². The summed E-state index contributed by atoms with van der Waals surface area (Å²) in [4.78, 5) is 25.6. The number of rotatable bonds is 9. The van der Waals surface area contributed by atoms with Crippen molar-refractivity contribution in [1.29, 1.82) is 0 Å². The van der Waals surface area contributed by atoms with Crippen molar-refractivity contribution in [2.24, 2.45) is 5.41 Å². The van der Waals surface area contributed by atoms with Gasteiger partial charge in [0.1, 0.15) is 23.9 Å². The van der Waals surface area contributed by atoms with Gasteiger partial charge in [-0.1, -0.05) is 50.4 Å². The van der Waals surface area contributed by atoms with Crippen LogP contribution in [0.15, 0.2) is 42.9 Å². The molecule has 1 aliphatic heterocycles. The molecule has 4 atom stereocenters. The number of nitrogens with two attached hydrogens (primary N) is 1. The Morgan fingerprint density at radius 1 is 1.19 bits per heavy atom. The van der Waals surface area contributed by atoms with E-state index in [2.05, 4.69) is 50.8 Å². The van der Waals surface area contributed by atoms with Crippen LogP contribution in [0.1, 0.15) is 71.4 Å². The highest BCUT2D eigenvalue weighted by molar-refractivity contribution is 6.34. The van der Waals surface area contributed by atoms with Gasteiger partial charge in [0.05, 0.1) is 34.7 Å². The predicted octanol–water partition coefficient (Wildman–Crippen LogP) is 7.06. The minimum absolute atomic E-state index is 0.0411. The fourth-order valence-corrected chi connectivity index (χ4v) is 6.80. The van der Waals surface area contributed by atoms with Crippen molar-refractivity contribution in [2.75, 3.05) is 17.7 Å². The number of ether oxygens (including phenoxy) is 3. The summed E-state index contributed by atoms with van der Waals surface area (Å²) >= 11 is 6.44. The van der Waals surface area contributed by atoms with Gasteiger partial charge >= 0.3 is 6.09 Å². The molecule has 2 fully saturated rings. The molecule has 1 amide bonds. The second-order valence-electron chi connectivity index (χ2n) is 12.5. The quantitative estimate of drug-likeness (QED) is 0.194. The number of nitrogens with zero attached hydrogens (tertiary/aromatic N) is 4. The van der Waals surface area contributed by atoms with Crippen molar-refractivity contribution in [2.45, 2.75) is 90.3 Å². The average Bonchev–Trinajstić information content (AvgIpc) is 3.62. The largest absolute Gasteiger partial charge is 0.449 e. The first-order chi connectivity index (χ1) is 20.6. The molecule has 1 saturated heterocycles. The number of fused-ring (bicyclic) bond motifs is 3. The number of aromatic nitrogens is 4. The number of anilines is 2. The van der Waals surface area contributed by atoms with Gasteiger partial charge < -0.3 is 24.5 Å². The van der Waals surface area contributed by atoms with Crippen LogP contribution in [0, 0.1) is 5.41 Å². The van der Waals surface area contributed by atoms with Gasteiger partial charge in [-0.05, 0) is 68.7 Å². The van der Waals surface area contributed by atoms with Crippen LogP contribution in [0.5, 0.6) is 0 Å². The second-order valence-corrected chi connectivity index (χ2v) is 12.9. The Morgan fingerprint density at radius 3 is 2.84 bits per heavy atom. The van der Waals surface area contributed by atoms with Gasteiger partial charge in [0.15, 0.2) is 11.6 Å². The highest BCUT2D eigenvalue weighted by Crippen LogP contribution is 2.55. The molecule has 4 heterocycles. The third-order valence-electron chi connectivity index (χ3n) is 8.79. The van der Waals surface area contributed by atoms with Crippen molar-refractivity contribution in [3.8, 4) is 0 Å². The number of amides is 1. The molecule has 0 bridgehead atoms. The summed E-state index contributed by atoms with van der Waals surface area (Å²) in [6.45, 7) is 8.71. The molecule has 0 radical (unpaired) electrons. The molecule has 0 unspecified atom stereocenters. The molecule has 4 aromatic rings. The van der Waals surface area contributed by atoms with Gasteiger partial charge in [-0.25, -0.2) is 19.7 Å². The van der Waals surface area contributed by atoms with Crippen LogP contribution < -0.4 is 11.1 Å². The molecular weight excluding hydrogens is 568 g/mol. The molecule has 3 N–H and O–H groups in total. The number of hydrogen-bond acceptors (Lipinski definition) is 8. The maximum atomic E-state index is 12.3. The predicted molar refractivity (Wildman–Crippen MR) is 167 cm³/mol. The Bertz CT molecular complexity index is 1660. The first kappa shape index (κ1) is 29.6. The number of nitrogen functional groups attached to an aromatic ring is 1. The monoisotopic (exact) mass is 606 g/mol. The van der Waals surface area contributed by atoms with E-state index in [1.165, 1.54) is 6.33 Å². The number of pyridine rings is 1. The van der Waals surface area contributed by atoms with Crippen LogP contribution in [-0.4, -0.2) is 50.2 Å². The molecular formula is C32H39ClN6O4. The number of nitrogens with one attached hydrogen (secondary N) is 1. The zero-order chi connectivity index (χ0) is 30.4. The maximum absolute atomic E-state index is 12.3. The van der Waals surface area contributed by atoms with Crippen molar-refractivity contribution in [1.82, 2.24) is 19.5 Å². The van der Waals surface area contributed by atoms with Crippen LogP contribution in [0.4, 0.5) is 16.4 Å². The van der Waals surface area contributed by atoms with Gasteiger partial charge in [-0.15, -0.1) is 0 Å². The van der Waals surface area contributed by atoms with E-state index >= 15 is 0 Å². The van der Waals surface area contributed by atoms with Crippen LogP contribution in [0.25, 0.3) is 21.9 Å². The zero-order valence-corrected chi connectivity index (χ0v) is 25.9. The molecule has 2 aliphatic rings. The van der Waals surface area contributed by atoms with Gasteiger partial charge in [0.2, 0.25) is 0 Å². The van der Waals surface area contributed by atoms with Gasteiger partial charge in [-0.2, -0.15) is 0 Å². The van der Waals surface area contributed by atoms with Gasteiger partial charge in [0, 0.05) is 11.6 Å². The minimum atomic E-state index is -0.682. The first-order valence-corrected chi connectivity index (χ1v) is 15.4. The number of hydrogen-bond donors (Lipinski definition) is 2. The smallest absolute Gasteiger partial charge is 0.412 e. The Kier molecular flexibility index (Phi) is 7.95. The molecule has 1 aliphatic carbocycles. The lowest BCUT2D eigenvalue weighted by Gasteiger charge is -2.32. The van der Waals surface area contributed by atoms with Gasteiger partial charge in [-0.3, -0.25) is 5.32 Å². The number of unbranched alkanes of at least 4 members (excludes halogenated alkanes) is 2. The first-order valence-electron chi connectivity index (χ1n) is 15.0. The lowest BCUT2D eigenvalue weighted by atomic mass is 9.80. The van der Waals surface area contributed by atoms with Crippen molar-refractivity contribution < 1.29 is 19.0 Å². The normalized spacial score (nSPS) is 24.4. The van der Waals surface area contributed by atoms with E-state index < -0.39 is 11.9 Å². The van der Waals surface area contributed by atoms with E-state index in [4.69, 9.17) is 31.5 Å². The molecule has 3 aromatic heterocycles. The summed E-state index contributed by atoms with van der Waals surface area (Å²) in [6.07, 6.45) is 8.24. The van der Waals surface area contributed by atoms with Crippen LogP contribution in [0.3, 0.4) is 0 Å². The Labute approximate surface area is 256 Å². The summed E-state index contributed by atoms with van der Waals surface area (Å²) in [5, 5.41) is 4.80. The molecule has 1 saturated carbocycles. The highest BCUT2D eigenvalue weighted by atomic mass is 35.5. The van der Waals surface area contributed by atoms with E-state index in [-0.39, 0.29) is 23.7 Å². The summed E-state index contributed by atoms with van der Waals surface area (Å²) in [5.74, 6) is 0.0830. The van der Waals surface area contributed by atoms with Gasteiger partial charge in [0.25, 0.3) is 0 Å². The molecule has 10 nitrogen and oxygen atoms in total. The lowest BCUT2D eigenvalue weighted by molar-refractivity contribution is -0.168. The Morgan fingerprint density at radius 2 is 2.02 bits per heavy atom. The SMILES string of the molecule is CCCCCOC(=O)Nc1nc2cc(CC[C@@]3(C)C[C@@H](n4ccc5c(N)ncnc54)[C@@H]4OC(C)(C)O[C@@H]43)ccc2cc1Cl. The van der Waals surface area contributed by atoms with Crippen LogP contribution in [0.2, 0.25) is 5.02 Å². The molecule has 228 valence electrons. The third kappa shape index (κ3) is 5.88. The number of carbonyl (C=O) groups is 1. The maximum Gasteiger partial charge on any atom is 0.412 e. The summed E-state index contributed by atoms with van der Waals surface area (Å²) in [6, 6.07) is 10.0. The zero-order valence-electron chi connectivity index (χ0n) is 25.1. The topological polar surface area (TPSA) is 126 Å². The Balaban J connectivity index is 1.20. The van der Waals surface area contributed by atoms with E-state index in [0.29, 0.717) is 23.3 Å². The Hall–Kier alpha value is -3.47. The molecule has 43 heavy (non-hydrogen) atoms. The molecule has 0 spiro atoms. The van der Waals surface area contributed by atoms with E-state index in [9.17, 15) is 4.79 Å². The molecule has 6 rings (SSSR count). The van der Waals surface area contributed by atoms with E-state index in [1.54, 1.807) is 0 Å². The number of carbonyl (C=O) groups excluding carboxylic acids is 1. The minimum Gasteiger partial charge on any atom is -0.449 e. The fraction of sp³-hybridized carbons (Fsp3) is 0.500. The lowest BCUT2D eigenvalue weighted by Crippen LogP contribution is -2.34. The summed E-state index contributed by atoms with van der Waals surface area (Å²) < 4.78 is 20.5.